The predicted octanol–water partition coefficient (Wildman–Crippen LogP) is 3.48. The average molecular weight is 479 g/mol. The van der Waals surface area contributed by atoms with E-state index < -0.39 is 0 Å². The van der Waals surface area contributed by atoms with Crippen molar-refractivity contribution in [2.24, 2.45) is 4.99 Å². The normalized spacial score (nSPS) is 11.2. The lowest BCUT2D eigenvalue weighted by Gasteiger charge is -2.10. The van der Waals surface area contributed by atoms with Crippen molar-refractivity contribution in [3.05, 3.63) is 31.7 Å². The van der Waals surface area contributed by atoms with Gasteiger partial charge >= 0.3 is 0 Å². The van der Waals surface area contributed by atoms with E-state index in [9.17, 15) is 0 Å². The maximum atomic E-state index is 4.56. The first-order chi connectivity index (χ1) is 11.1. The van der Waals surface area contributed by atoms with Crippen LogP contribution in [0.4, 0.5) is 0 Å². The van der Waals surface area contributed by atoms with Crippen LogP contribution in [0.3, 0.4) is 0 Å². The van der Waals surface area contributed by atoms with E-state index in [1.54, 1.807) is 29.7 Å². The summed E-state index contributed by atoms with van der Waals surface area (Å²) >= 11 is 3.52. The standard InChI is InChI=1S/C16H25N5S2.HI/c1-11-10-22-14(20-11)6-5-8-18-16(17-4)19-9-7-15-21-12(2)13(3)23-15;/h10H,5-9H2,1-4H3,(H2,17,18,19);1H. The van der Waals surface area contributed by atoms with Crippen molar-refractivity contribution in [3.63, 3.8) is 0 Å². The lowest BCUT2D eigenvalue weighted by atomic mass is 10.3. The first-order valence-electron chi connectivity index (χ1n) is 7.87. The Labute approximate surface area is 169 Å². The summed E-state index contributed by atoms with van der Waals surface area (Å²) in [4.78, 5) is 14.6. The number of rotatable bonds is 7. The second-order valence-corrected chi connectivity index (χ2v) is 7.64. The molecule has 2 aromatic heterocycles. The molecule has 0 aliphatic heterocycles. The molecule has 2 N–H and O–H groups in total. The third-order valence-corrected chi connectivity index (χ3v) is 5.61. The smallest absolute Gasteiger partial charge is 0.190 e. The van der Waals surface area contributed by atoms with E-state index in [1.807, 2.05) is 6.92 Å². The van der Waals surface area contributed by atoms with Gasteiger partial charge in [0, 0.05) is 48.9 Å². The quantitative estimate of drug-likeness (QED) is 0.276. The van der Waals surface area contributed by atoms with Crippen LogP contribution in [0.15, 0.2) is 10.4 Å². The molecule has 2 aromatic rings. The highest BCUT2D eigenvalue weighted by atomic mass is 127. The Balaban J connectivity index is 0.00000288. The van der Waals surface area contributed by atoms with E-state index >= 15 is 0 Å². The molecule has 0 spiro atoms. The molecule has 0 aliphatic rings. The number of aliphatic imine (C=N–C) groups is 1. The van der Waals surface area contributed by atoms with Gasteiger partial charge in [-0.1, -0.05) is 0 Å². The first kappa shape index (κ1) is 21.3. The van der Waals surface area contributed by atoms with Gasteiger partial charge in [-0.05, 0) is 27.2 Å². The number of aromatic nitrogens is 2. The van der Waals surface area contributed by atoms with Gasteiger partial charge in [-0.3, -0.25) is 4.99 Å². The lowest BCUT2D eigenvalue weighted by molar-refractivity contribution is 0.735. The fourth-order valence-corrected chi connectivity index (χ4v) is 3.87. The number of aryl methyl sites for hydroxylation is 4. The molecule has 0 saturated heterocycles. The number of guanidine groups is 1. The molecule has 8 heteroatoms. The minimum atomic E-state index is 0. The van der Waals surface area contributed by atoms with Crippen molar-refractivity contribution in [3.8, 4) is 0 Å². The second kappa shape index (κ2) is 11.0. The highest BCUT2D eigenvalue weighted by Crippen LogP contribution is 2.16. The fourth-order valence-electron chi connectivity index (χ4n) is 2.12. The molecule has 2 heterocycles. The SMILES string of the molecule is CN=C(NCCCc1nc(C)cs1)NCCc1nc(C)c(C)s1.I. The zero-order chi connectivity index (χ0) is 16.7. The highest BCUT2D eigenvalue weighted by Gasteiger charge is 2.04. The van der Waals surface area contributed by atoms with Crippen LogP contribution in [-0.2, 0) is 12.8 Å². The van der Waals surface area contributed by atoms with E-state index in [1.165, 1.54) is 14.9 Å². The number of nitrogens with one attached hydrogen (secondary N) is 2. The molecular formula is C16H26IN5S2. The van der Waals surface area contributed by atoms with Crippen LogP contribution in [0.1, 0.15) is 32.7 Å². The summed E-state index contributed by atoms with van der Waals surface area (Å²) in [5.41, 5.74) is 2.26. The summed E-state index contributed by atoms with van der Waals surface area (Å²) in [6.45, 7) is 7.96. The number of thiazole rings is 2. The molecule has 0 fully saturated rings. The molecule has 24 heavy (non-hydrogen) atoms. The van der Waals surface area contributed by atoms with E-state index in [0.29, 0.717) is 0 Å². The van der Waals surface area contributed by atoms with E-state index in [2.05, 4.69) is 44.8 Å². The Hall–Kier alpha value is -0.740. The molecule has 0 saturated carbocycles. The molecule has 0 radical (unpaired) electrons. The van der Waals surface area contributed by atoms with Crippen LogP contribution >= 0.6 is 46.7 Å². The molecule has 0 aliphatic carbocycles. The minimum absolute atomic E-state index is 0. The van der Waals surface area contributed by atoms with Crippen LogP contribution in [0, 0.1) is 20.8 Å². The Bertz CT molecular complexity index is 631. The largest absolute Gasteiger partial charge is 0.356 e. The number of halogens is 1. The number of hydrogen-bond acceptors (Lipinski definition) is 5. The van der Waals surface area contributed by atoms with Crippen molar-refractivity contribution < 1.29 is 0 Å². The van der Waals surface area contributed by atoms with E-state index in [-0.39, 0.29) is 24.0 Å². The Morgan fingerprint density at radius 1 is 1.08 bits per heavy atom. The fraction of sp³-hybridized carbons (Fsp3) is 0.562. The van der Waals surface area contributed by atoms with E-state index in [4.69, 9.17) is 0 Å². The lowest BCUT2D eigenvalue weighted by Crippen LogP contribution is -2.38. The second-order valence-electron chi connectivity index (χ2n) is 5.41. The molecule has 0 bridgehead atoms. The Kier molecular flexibility index (Phi) is 9.75. The zero-order valence-electron chi connectivity index (χ0n) is 14.7. The minimum Gasteiger partial charge on any atom is -0.356 e. The molecule has 0 atom stereocenters. The summed E-state index contributed by atoms with van der Waals surface area (Å²) < 4.78 is 0. The average Bonchev–Trinajstić information content (AvgIpc) is 3.07. The van der Waals surface area contributed by atoms with Crippen molar-refractivity contribution >= 4 is 52.6 Å². The molecule has 0 amide bonds. The van der Waals surface area contributed by atoms with Gasteiger partial charge in [0.05, 0.1) is 15.7 Å². The van der Waals surface area contributed by atoms with Gasteiger partial charge in [-0.25, -0.2) is 9.97 Å². The van der Waals surface area contributed by atoms with Crippen LogP contribution in [0.25, 0.3) is 0 Å². The van der Waals surface area contributed by atoms with Gasteiger partial charge in [0.15, 0.2) is 5.96 Å². The topological polar surface area (TPSA) is 62.2 Å². The third-order valence-electron chi connectivity index (χ3n) is 3.45. The van der Waals surface area contributed by atoms with Crippen molar-refractivity contribution in [2.45, 2.75) is 40.0 Å². The predicted molar refractivity (Wildman–Crippen MR) is 115 cm³/mol. The van der Waals surface area contributed by atoms with Gasteiger partial charge in [0.2, 0.25) is 0 Å². The molecule has 0 unspecified atom stereocenters. The molecule has 2 rings (SSSR count). The Morgan fingerprint density at radius 2 is 1.83 bits per heavy atom. The van der Waals surface area contributed by atoms with Crippen molar-refractivity contribution in [1.82, 2.24) is 20.6 Å². The Morgan fingerprint density at radius 3 is 2.42 bits per heavy atom. The summed E-state index contributed by atoms with van der Waals surface area (Å²) in [5, 5.41) is 11.2. The van der Waals surface area contributed by atoms with Gasteiger partial charge in [0.1, 0.15) is 0 Å². The van der Waals surface area contributed by atoms with Gasteiger partial charge < -0.3 is 10.6 Å². The van der Waals surface area contributed by atoms with Crippen molar-refractivity contribution in [2.75, 3.05) is 20.1 Å². The van der Waals surface area contributed by atoms with Crippen LogP contribution in [0.5, 0.6) is 0 Å². The molecule has 5 nitrogen and oxygen atoms in total. The molecular weight excluding hydrogens is 453 g/mol. The number of hydrogen-bond donors (Lipinski definition) is 2. The monoisotopic (exact) mass is 479 g/mol. The van der Waals surface area contributed by atoms with Crippen molar-refractivity contribution in [1.29, 1.82) is 0 Å². The molecule has 0 aromatic carbocycles. The summed E-state index contributed by atoms with van der Waals surface area (Å²) in [7, 11) is 1.80. The third kappa shape index (κ3) is 7.02. The maximum Gasteiger partial charge on any atom is 0.190 e. The van der Waals surface area contributed by atoms with Crippen LogP contribution < -0.4 is 10.6 Å². The van der Waals surface area contributed by atoms with Crippen LogP contribution in [0.2, 0.25) is 0 Å². The number of nitrogens with zero attached hydrogens (tertiary/aromatic N) is 3. The zero-order valence-corrected chi connectivity index (χ0v) is 18.6. The van der Waals surface area contributed by atoms with Gasteiger partial charge in [0.25, 0.3) is 0 Å². The molecule has 134 valence electrons. The van der Waals surface area contributed by atoms with E-state index in [0.717, 1.165) is 49.7 Å². The van der Waals surface area contributed by atoms with Gasteiger partial charge in [-0.15, -0.1) is 46.7 Å². The summed E-state index contributed by atoms with van der Waals surface area (Å²) in [6, 6.07) is 0. The van der Waals surface area contributed by atoms with Gasteiger partial charge in [-0.2, -0.15) is 0 Å². The first-order valence-corrected chi connectivity index (χ1v) is 9.56. The highest BCUT2D eigenvalue weighted by molar-refractivity contribution is 14.0. The maximum absolute atomic E-state index is 4.56. The van der Waals surface area contributed by atoms with Crippen LogP contribution in [-0.4, -0.2) is 36.1 Å². The summed E-state index contributed by atoms with van der Waals surface area (Å²) in [6.07, 6.45) is 3.00. The summed E-state index contributed by atoms with van der Waals surface area (Å²) in [5.74, 6) is 0.852.